The summed E-state index contributed by atoms with van der Waals surface area (Å²) in [4.78, 5) is 36.5. The summed E-state index contributed by atoms with van der Waals surface area (Å²) in [5.41, 5.74) is 2.29. The van der Waals surface area contributed by atoms with E-state index in [1.807, 2.05) is 50.6 Å². The van der Waals surface area contributed by atoms with Crippen molar-refractivity contribution >= 4 is 16.7 Å². The highest BCUT2D eigenvalue weighted by Crippen LogP contribution is 2.39. The van der Waals surface area contributed by atoms with Crippen LogP contribution in [0.2, 0.25) is 0 Å². The van der Waals surface area contributed by atoms with Crippen molar-refractivity contribution in [2.45, 2.75) is 38.1 Å². The molecule has 190 valence electrons. The molecule has 0 bridgehead atoms. The number of likely N-dealkylation sites (tertiary alicyclic amines) is 1. The van der Waals surface area contributed by atoms with E-state index in [1.54, 1.807) is 31.8 Å². The fourth-order valence-electron chi connectivity index (χ4n) is 5.14. The van der Waals surface area contributed by atoms with Gasteiger partial charge in [0, 0.05) is 43.2 Å². The molecule has 11 nitrogen and oxygen atoms in total. The summed E-state index contributed by atoms with van der Waals surface area (Å²) in [5.74, 6) is 1.60. The van der Waals surface area contributed by atoms with Crippen molar-refractivity contribution in [3.05, 3.63) is 77.5 Å². The topological polar surface area (TPSA) is 117 Å². The number of hydrogen-bond donors (Lipinski definition) is 0. The second-order valence-corrected chi connectivity index (χ2v) is 9.96. The molecule has 0 N–H and O–H groups in total. The maximum atomic E-state index is 13.6. The van der Waals surface area contributed by atoms with Gasteiger partial charge in [0.25, 0.3) is 5.56 Å². The number of imidazole rings is 1. The van der Waals surface area contributed by atoms with Crippen LogP contribution in [0.15, 0.2) is 66.2 Å². The lowest BCUT2D eigenvalue weighted by Crippen LogP contribution is -2.26. The van der Waals surface area contributed by atoms with E-state index < -0.39 is 0 Å². The average molecular weight is 508 g/mol. The Kier molecular flexibility index (Phi) is 5.17. The Morgan fingerprint density at radius 2 is 1.97 bits per heavy atom. The molecule has 1 saturated carbocycles. The monoisotopic (exact) mass is 507 g/mol. The van der Waals surface area contributed by atoms with Crippen LogP contribution in [-0.4, -0.2) is 63.0 Å². The van der Waals surface area contributed by atoms with E-state index in [1.165, 1.54) is 17.5 Å². The summed E-state index contributed by atoms with van der Waals surface area (Å²) in [7, 11) is 0. The third-order valence-electron chi connectivity index (χ3n) is 7.42. The molecule has 5 heterocycles. The van der Waals surface area contributed by atoms with Crippen LogP contribution in [0.1, 0.15) is 43.8 Å². The molecule has 1 atom stereocenters. The normalized spacial score (nSPS) is 17.4. The average Bonchev–Trinajstić information content (AvgIpc) is 3.32. The molecule has 0 radical (unpaired) electrons. The Bertz CT molecular complexity index is 1750. The molecule has 1 saturated heterocycles. The molecule has 1 aliphatic carbocycles. The van der Waals surface area contributed by atoms with E-state index in [2.05, 4.69) is 20.3 Å². The maximum absolute atomic E-state index is 13.6. The molecular formula is C27H25N9O2. The van der Waals surface area contributed by atoms with Gasteiger partial charge in [0.1, 0.15) is 12.0 Å². The van der Waals surface area contributed by atoms with Gasteiger partial charge in [-0.3, -0.25) is 9.59 Å². The number of hydrogen-bond acceptors (Lipinski definition) is 7. The number of pyridine rings is 1. The number of benzene rings is 1. The number of fused-ring (bicyclic) bond motifs is 1. The van der Waals surface area contributed by atoms with Gasteiger partial charge in [0.15, 0.2) is 11.6 Å². The first-order valence-electron chi connectivity index (χ1n) is 12.7. The molecule has 1 unspecified atom stereocenters. The molecular weight excluding hydrogens is 482 g/mol. The second-order valence-electron chi connectivity index (χ2n) is 9.96. The number of carbonyl (C=O) groups excluding carboxylic acids is 1. The molecule has 1 amide bonds. The van der Waals surface area contributed by atoms with Crippen molar-refractivity contribution < 1.29 is 4.79 Å². The predicted molar refractivity (Wildman–Crippen MR) is 139 cm³/mol. The third-order valence-corrected chi connectivity index (χ3v) is 7.42. The van der Waals surface area contributed by atoms with Gasteiger partial charge in [-0.05, 0) is 43.5 Å². The van der Waals surface area contributed by atoms with Gasteiger partial charge in [0.05, 0.1) is 29.6 Å². The van der Waals surface area contributed by atoms with E-state index in [0.717, 1.165) is 23.2 Å². The Labute approximate surface area is 217 Å². The first kappa shape index (κ1) is 22.5. The first-order valence-corrected chi connectivity index (χ1v) is 12.7. The summed E-state index contributed by atoms with van der Waals surface area (Å²) < 4.78 is 5.23. The van der Waals surface area contributed by atoms with E-state index in [4.69, 9.17) is 4.98 Å². The van der Waals surface area contributed by atoms with Crippen molar-refractivity contribution in [1.82, 2.24) is 44.0 Å². The second kappa shape index (κ2) is 8.72. The molecule has 0 spiro atoms. The van der Waals surface area contributed by atoms with Crippen LogP contribution in [0.5, 0.6) is 0 Å². The van der Waals surface area contributed by atoms with Crippen molar-refractivity contribution in [1.29, 1.82) is 0 Å². The molecule has 1 aliphatic heterocycles. The van der Waals surface area contributed by atoms with Crippen LogP contribution in [-0.2, 0) is 4.79 Å². The summed E-state index contributed by atoms with van der Waals surface area (Å²) in [6, 6.07) is 11.2. The van der Waals surface area contributed by atoms with Gasteiger partial charge >= 0.3 is 0 Å². The van der Waals surface area contributed by atoms with Crippen LogP contribution < -0.4 is 5.56 Å². The molecule has 5 aromatic rings. The number of nitrogens with zero attached hydrogens (tertiary/aromatic N) is 9. The zero-order valence-electron chi connectivity index (χ0n) is 20.8. The molecule has 38 heavy (non-hydrogen) atoms. The van der Waals surface area contributed by atoms with Crippen molar-refractivity contribution in [2.24, 2.45) is 0 Å². The highest BCUT2D eigenvalue weighted by atomic mass is 16.2. The lowest BCUT2D eigenvalue weighted by molar-refractivity contribution is -0.127. The van der Waals surface area contributed by atoms with E-state index in [0.29, 0.717) is 41.7 Å². The van der Waals surface area contributed by atoms with Gasteiger partial charge in [-0.15, -0.1) is 10.2 Å². The van der Waals surface area contributed by atoms with E-state index >= 15 is 0 Å². The summed E-state index contributed by atoms with van der Waals surface area (Å²) in [6.45, 7) is 2.89. The van der Waals surface area contributed by atoms with Crippen LogP contribution in [0.3, 0.4) is 0 Å². The third kappa shape index (κ3) is 3.87. The fourth-order valence-corrected chi connectivity index (χ4v) is 5.14. The SMILES string of the molecule is CC(=O)N1CCC(n2cnnc2-c2cccc(-n3ncc4ccc(-n5cnc(C6CC6)c5)cc4c3=O)n2)C1. The van der Waals surface area contributed by atoms with Crippen molar-refractivity contribution in [2.75, 3.05) is 13.1 Å². The van der Waals surface area contributed by atoms with Gasteiger partial charge in [0.2, 0.25) is 5.91 Å². The highest BCUT2D eigenvalue weighted by Gasteiger charge is 2.28. The Balaban J connectivity index is 1.24. The van der Waals surface area contributed by atoms with Crippen LogP contribution in [0, 0.1) is 0 Å². The number of rotatable bonds is 5. The van der Waals surface area contributed by atoms with Crippen LogP contribution >= 0.6 is 0 Å². The molecule has 2 aliphatic rings. The minimum Gasteiger partial charge on any atom is -0.341 e. The van der Waals surface area contributed by atoms with Gasteiger partial charge in [-0.25, -0.2) is 9.97 Å². The van der Waals surface area contributed by atoms with E-state index in [9.17, 15) is 9.59 Å². The minimum absolute atomic E-state index is 0.0588. The number of carbonyl (C=O) groups is 1. The van der Waals surface area contributed by atoms with E-state index in [-0.39, 0.29) is 17.5 Å². The van der Waals surface area contributed by atoms with Crippen LogP contribution in [0.4, 0.5) is 0 Å². The van der Waals surface area contributed by atoms with Gasteiger partial charge in [-0.1, -0.05) is 12.1 Å². The lowest BCUT2D eigenvalue weighted by atomic mass is 10.2. The van der Waals surface area contributed by atoms with Crippen LogP contribution in [0.25, 0.3) is 33.8 Å². The molecule has 1 aromatic carbocycles. The summed E-state index contributed by atoms with van der Waals surface area (Å²) >= 11 is 0. The minimum atomic E-state index is -0.258. The lowest BCUT2D eigenvalue weighted by Gasteiger charge is -2.16. The number of amides is 1. The van der Waals surface area contributed by atoms with Crippen molar-refractivity contribution in [3.63, 3.8) is 0 Å². The number of aromatic nitrogens is 8. The quantitative estimate of drug-likeness (QED) is 0.359. The molecule has 2 fully saturated rings. The highest BCUT2D eigenvalue weighted by molar-refractivity contribution is 5.83. The van der Waals surface area contributed by atoms with Crippen molar-refractivity contribution in [3.8, 4) is 23.0 Å². The standard InChI is InChI=1S/C27H25N9O2/c1-17(37)33-10-9-21(13-33)35-16-29-32-26(35)23-3-2-4-25(31-23)36-27(38)22-11-20(8-7-19(22)12-30-36)34-14-24(28-15-34)18-5-6-18/h2-4,7-8,11-12,14-16,18,21H,5-6,9-10,13H2,1H3. The van der Waals surface area contributed by atoms with Gasteiger partial charge < -0.3 is 14.0 Å². The largest absolute Gasteiger partial charge is 0.341 e. The molecule has 11 heteroatoms. The Morgan fingerprint density at radius 3 is 2.79 bits per heavy atom. The smallest absolute Gasteiger partial charge is 0.280 e. The summed E-state index contributed by atoms with van der Waals surface area (Å²) in [5, 5.41) is 14.1. The zero-order chi connectivity index (χ0) is 25.8. The Hall–Kier alpha value is -4.67. The molecule has 7 rings (SSSR count). The fraction of sp³-hybridized carbons (Fsp3) is 0.296. The zero-order valence-corrected chi connectivity index (χ0v) is 20.8. The van der Waals surface area contributed by atoms with Gasteiger partial charge in [-0.2, -0.15) is 9.78 Å². The summed E-state index contributed by atoms with van der Waals surface area (Å²) in [6.07, 6.45) is 10.4. The molecule has 4 aromatic heterocycles. The maximum Gasteiger partial charge on any atom is 0.280 e. The first-order chi connectivity index (χ1) is 18.5. The Morgan fingerprint density at radius 1 is 1.08 bits per heavy atom. The predicted octanol–water partition coefficient (Wildman–Crippen LogP) is 2.90.